The third-order valence-corrected chi connectivity index (χ3v) is 4.21. The number of aromatic nitrogens is 2. The molecule has 0 amide bonds. The van der Waals surface area contributed by atoms with E-state index < -0.39 is 5.79 Å². The minimum Gasteiger partial charge on any atom is -0.382 e. The number of benzene rings is 1. The van der Waals surface area contributed by atoms with Gasteiger partial charge in [0.25, 0.3) is 0 Å². The van der Waals surface area contributed by atoms with E-state index in [-0.39, 0.29) is 6.10 Å². The molecule has 0 bridgehead atoms. The van der Waals surface area contributed by atoms with Gasteiger partial charge in [0, 0.05) is 30.9 Å². The summed E-state index contributed by atoms with van der Waals surface area (Å²) >= 11 is 5.94. The number of hydrogen-bond donors (Lipinski definition) is 0. The molecule has 0 saturated carbocycles. The van der Waals surface area contributed by atoms with E-state index in [0.717, 1.165) is 17.9 Å². The maximum absolute atomic E-state index is 6.19. The van der Waals surface area contributed by atoms with Crippen molar-refractivity contribution in [2.24, 2.45) is 0 Å². The normalized spacial score (nSPS) is 24.2. The van der Waals surface area contributed by atoms with Crippen molar-refractivity contribution < 1.29 is 14.2 Å². The molecule has 6 heteroatoms. The summed E-state index contributed by atoms with van der Waals surface area (Å²) < 4.78 is 19.4. The zero-order chi connectivity index (χ0) is 16.1. The molecule has 1 aromatic heterocycles. The molecule has 5 nitrogen and oxygen atoms in total. The van der Waals surface area contributed by atoms with Gasteiger partial charge in [-0.3, -0.25) is 0 Å². The summed E-state index contributed by atoms with van der Waals surface area (Å²) in [6.07, 6.45) is 7.03. The number of nitrogens with zero attached hydrogens (tertiary/aromatic N) is 2. The molecule has 3 rings (SSSR count). The van der Waals surface area contributed by atoms with Crippen LogP contribution in [0.4, 0.5) is 0 Å². The van der Waals surface area contributed by atoms with E-state index in [1.54, 1.807) is 19.6 Å². The molecule has 2 atom stereocenters. The zero-order valence-electron chi connectivity index (χ0n) is 13.2. The summed E-state index contributed by atoms with van der Waals surface area (Å²) in [6.45, 7) is 1.69. The molecule has 0 radical (unpaired) electrons. The summed E-state index contributed by atoms with van der Waals surface area (Å²) in [6, 6.07) is 7.89. The van der Waals surface area contributed by atoms with Gasteiger partial charge in [-0.1, -0.05) is 23.7 Å². The summed E-state index contributed by atoms with van der Waals surface area (Å²) in [7, 11) is 1.67. The van der Waals surface area contributed by atoms with Crippen molar-refractivity contribution in [1.29, 1.82) is 0 Å². The Bertz CT molecular complexity index is 603. The topological polar surface area (TPSA) is 45.5 Å². The average Bonchev–Trinajstić information content (AvgIpc) is 3.18. The van der Waals surface area contributed by atoms with Gasteiger partial charge in [-0.2, -0.15) is 0 Å². The van der Waals surface area contributed by atoms with Crippen LogP contribution in [-0.2, 0) is 27.2 Å². The Morgan fingerprint density at radius 3 is 2.91 bits per heavy atom. The van der Waals surface area contributed by atoms with E-state index in [1.807, 2.05) is 35.0 Å². The largest absolute Gasteiger partial charge is 0.382 e. The van der Waals surface area contributed by atoms with Crippen LogP contribution in [0, 0.1) is 0 Å². The van der Waals surface area contributed by atoms with Gasteiger partial charge in [0.2, 0.25) is 0 Å². The highest BCUT2D eigenvalue weighted by molar-refractivity contribution is 6.30. The molecule has 0 aliphatic carbocycles. The second-order valence-electron chi connectivity index (χ2n) is 5.78. The molecular formula is C17H21ClN2O3. The van der Waals surface area contributed by atoms with Crippen molar-refractivity contribution in [2.45, 2.75) is 31.3 Å². The Labute approximate surface area is 141 Å². The van der Waals surface area contributed by atoms with Crippen LogP contribution in [0.5, 0.6) is 0 Å². The summed E-state index contributed by atoms with van der Waals surface area (Å²) in [5.74, 6) is -0.649. The van der Waals surface area contributed by atoms with Crippen molar-refractivity contribution in [3.8, 4) is 0 Å². The predicted molar refractivity (Wildman–Crippen MR) is 87.4 cm³/mol. The maximum Gasteiger partial charge on any atom is 0.187 e. The van der Waals surface area contributed by atoms with Crippen LogP contribution in [-0.4, -0.2) is 41.8 Å². The first-order valence-electron chi connectivity index (χ1n) is 7.70. The Kier molecular flexibility index (Phi) is 5.33. The molecule has 124 valence electrons. The molecular weight excluding hydrogens is 316 g/mol. The van der Waals surface area contributed by atoms with E-state index in [1.165, 1.54) is 5.56 Å². The minimum atomic E-state index is -0.649. The highest BCUT2D eigenvalue weighted by Crippen LogP contribution is 2.31. The fourth-order valence-electron chi connectivity index (χ4n) is 2.82. The average molecular weight is 337 g/mol. The van der Waals surface area contributed by atoms with Gasteiger partial charge in [-0.25, -0.2) is 4.98 Å². The van der Waals surface area contributed by atoms with Gasteiger partial charge in [-0.05, 0) is 24.1 Å². The molecule has 1 aliphatic rings. The second kappa shape index (κ2) is 7.45. The first-order chi connectivity index (χ1) is 11.2. The number of aryl methyl sites for hydroxylation is 1. The van der Waals surface area contributed by atoms with Crippen molar-refractivity contribution in [3.05, 3.63) is 53.6 Å². The first-order valence-corrected chi connectivity index (χ1v) is 8.08. The minimum absolute atomic E-state index is 0.0336. The predicted octanol–water partition coefficient (Wildman–Crippen LogP) is 2.93. The quantitative estimate of drug-likeness (QED) is 0.780. The van der Waals surface area contributed by atoms with Gasteiger partial charge >= 0.3 is 0 Å². The van der Waals surface area contributed by atoms with Crippen LogP contribution < -0.4 is 0 Å². The SMILES string of the molecule is COC[C@@H]1CO[C@@](CCc2ccc(Cl)cc2)(Cn2ccnc2)O1. The van der Waals surface area contributed by atoms with Crippen molar-refractivity contribution in [1.82, 2.24) is 9.55 Å². The van der Waals surface area contributed by atoms with Crippen molar-refractivity contribution >= 4 is 11.6 Å². The molecule has 1 aromatic carbocycles. The molecule has 1 aliphatic heterocycles. The monoisotopic (exact) mass is 336 g/mol. The lowest BCUT2D eigenvalue weighted by molar-refractivity contribution is -0.185. The highest BCUT2D eigenvalue weighted by atomic mass is 35.5. The number of methoxy groups -OCH3 is 1. The van der Waals surface area contributed by atoms with Crippen molar-refractivity contribution in [2.75, 3.05) is 20.3 Å². The smallest absolute Gasteiger partial charge is 0.187 e. The standard InChI is InChI=1S/C17H21ClN2O3/c1-21-10-16-11-22-17(23-16,12-20-9-8-19-13-20)7-6-14-2-4-15(18)5-3-14/h2-5,8-9,13,16H,6-7,10-12H2,1H3/t16-,17-/m1/s1. The summed E-state index contributed by atoms with van der Waals surface area (Å²) in [5, 5.41) is 0.746. The Morgan fingerprint density at radius 2 is 2.22 bits per heavy atom. The molecule has 1 fully saturated rings. The van der Waals surface area contributed by atoms with E-state index in [0.29, 0.717) is 19.8 Å². The van der Waals surface area contributed by atoms with Gasteiger partial charge < -0.3 is 18.8 Å². The maximum atomic E-state index is 6.19. The third-order valence-electron chi connectivity index (χ3n) is 3.96. The highest BCUT2D eigenvalue weighted by Gasteiger charge is 2.41. The lowest BCUT2D eigenvalue weighted by atomic mass is 10.0. The fourth-order valence-corrected chi connectivity index (χ4v) is 2.95. The van der Waals surface area contributed by atoms with Crippen LogP contribution in [0.2, 0.25) is 5.02 Å². The zero-order valence-corrected chi connectivity index (χ0v) is 13.9. The number of halogens is 1. The van der Waals surface area contributed by atoms with Gasteiger partial charge in [0.1, 0.15) is 6.10 Å². The van der Waals surface area contributed by atoms with Gasteiger partial charge in [-0.15, -0.1) is 0 Å². The third kappa shape index (κ3) is 4.32. The van der Waals surface area contributed by atoms with Crippen LogP contribution in [0.1, 0.15) is 12.0 Å². The molecule has 2 heterocycles. The Hall–Kier alpha value is -1.40. The number of ether oxygens (including phenoxy) is 3. The van der Waals surface area contributed by atoms with Crippen LogP contribution in [0.3, 0.4) is 0 Å². The van der Waals surface area contributed by atoms with Gasteiger partial charge in [0.15, 0.2) is 5.79 Å². The van der Waals surface area contributed by atoms with Gasteiger partial charge in [0.05, 0.1) is 26.1 Å². The van der Waals surface area contributed by atoms with E-state index in [4.69, 9.17) is 25.8 Å². The summed E-state index contributed by atoms with van der Waals surface area (Å²) in [4.78, 5) is 4.09. The molecule has 0 N–H and O–H groups in total. The Morgan fingerprint density at radius 1 is 1.39 bits per heavy atom. The first kappa shape index (κ1) is 16.5. The lowest BCUT2D eigenvalue weighted by Gasteiger charge is -2.28. The van der Waals surface area contributed by atoms with Crippen molar-refractivity contribution in [3.63, 3.8) is 0 Å². The lowest BCUT2D eigenvalue weighted by Crippen LogP contribution is -2.37. The van der Waals surface area contributed by atoms with E-state index in [9.17, 15) is 0 Å². The second-order valence-corrected chi connectivity index (χ2v) is 6.21. The number of imidazole rings is 1. The molecule has 0 unspecified atom stereocenters. The molecule has 2 aromatic rings. The number of hydrogen-bond acceptors (Lipinski definition) is 4. The van der Waals surface area contributed by atoms with Crippen LogP contribution >= 0.6 is 11.6 Å². The Balaban J connectivity index is 1.69. The fraction of sp³-hybridized carbons (Fsp3) is 0.471. The van der Waals surface area contributed by atoms with E-state index in [2.05, 4.69) is 4.98 Å². The summed E-state index contributed by atoms with van der Waals surface area (Å²) in [5.41, 5.74) is 1.21. The molecule has 23 heavy (non-hydrogen) atoms. The molecule has 1 saturated heterocycles. The van der Waals surface area contributed by atoms with Crippen LogP contribution in [0.25, 0.3) is 0 Å². The van der Waals surface area contributed by atoms with Crippen LogP contribution in [0.15, 0.2) is 43.0 Å². The number of rotatable bonds is 7. The van der Waals surface area contributed by atoms with E-state index >= 15 is 0 Å². The molecule has 0 spiro atoms.